The molecule has 0 aliphatic rings. The zero-order valence-electron chi connectivity index (χ0n) is 23.0. The maximum absolute atomic E-state index is 13.3. The molecule has 43 heavy (non-hydrogen) atoms. The molecule has 0 bridgehead atoms. The van der Waals surface area contributed by atoms with Crippen LogP contribution in [0.5, 0.6) is 5.75 Å². The summed E-state index contributed by atoms with van der Waals surface area (Å²) in [5.41, 5.74) is 1.66. The number of rotatable bonds is 10. The highest BCUT2D eigenvalue weighted by Gasteiger charge is 2.28. The van der Waals surface area contributed by atoms with Gasteiger partial charge in [-0.05, 0) is 60.7 Å². The number of esters is 1. The Balaban J connectivity index is 1.56. The molecule has 4 aromatic carbocycles. The third-order valence-electron chi connectivity index (χ3n) is 6.32. The summed E-state index contributed by atoms with van der Waals surface area (Å²) in [6.45, 7) is 1.54. The van der Waals surface area contributed by atoms with Crippen LogP contribution in [-0.2, 0) is 30.9 Å². The molecule has 9 nitrogen and oxygen atoms in total. The molecule has 4 rings (SSSR count). The number of anilines is 1. The number of methoxy groups -OCH3 is 1. The van der Waals surface area contributed by atoms with Gasteiger partial charge in [-0.1, -0.05) is 59.6 Å². The quantitative estimate of drug-likeness (QED) is 0.212. The summed E-state index contributed by atoms with van der Waals surface area (Å²) in [7, 11) is -3.11. The van der Waals surface area contributed by atoms with E-state index in [2.05, 4.69) is 9.46 Å². The molecule has 12 heteroatoms. The van der Waals surface area contributed by atoms with Gasteiger partial charge < -0.3 is 14.4 Å². The minimum Gasteiger partial charge on any atom is -0.476 e. The number of carbonyl (C=O) groups excluding carboxylic acids is 3. The predicted octanol–water partition coefficient (Wildman–Crippen LogP) is 5.96. The summed E-state index contributed by atoms with van der Waals surface area (Å²) >= 11 is 12.6. The molecule has 0 saturated heterocycles. The number of nitrogens with one attached hydrogen (secondary N) is 1. The fraction of sp³-hybridized carbons (Fsp3) is 0.129. The fourth-order valence-corrected chi connectivity index (χ4v) is 5.60. The molecule has 0 aromatic heterocycles. The molecule has 0 heterocycles. The van der Waals surface area contributed by atoms with Crippen molar-refractivity contribution in [1.82, 2.24) is 4.72 Å². The number of hydrogen-bond acceptors (Lipinski definition) is 7. The molecule has 4 aromatic rings. The van der Waals surface area contributed by atoms with Crippen molar-refractivity contribution in [3.8, 4) is 5.75 Å². The van der Waals surface area contributed by atoms with Gasteiger partial charge >= 0.3 is 5.97 Å². The molecular formula is C31H26Cl2N2O7S. The first-order valence-corrected chi connectivity index (χ1v) is 15.0. The van der Waals surface area contributed by atoms with Crippen LogP contribution in [-0.4, -0.2) is 33.3 Å². The van der Waals surface area contributed by atoms with E-state index in [0.717, 1.165) is 0 Å². The lowest BCUT2D eigenvalue weighted by molar-refractivity contribution is -0.126. The summed E-state index contributed by atoms with van der Waals surface area (Å²) < 4.78 is 38.7. The molecule has 0 saturated carbocycles. The number of hydrogen-bond donors (Lipinski definition) is 1. The zero-order valence-corrected chi connectivity index (χ0v) is 25.3. The van der Waals surface area contributed by atoms with Crippen LogP contribution >= 0.6 is 23.2 Å². The zero-order chi connectivity index (χ0) is 31.1. The van der Waals surface area contributed by atoms with Crippen molar-refractivity contribution in [2.45, 2.75) is 24.5 Å². The first-order chi connectivity index (χ1) is 20.5. The third kappa shape index (κ3) is 7.72. The SMILES string of the molecule is COC(=O)c1ccc(S(=O)(=O)NC(=O)C(Oc2ccc(N(Cc3c(Cl)cccc3Cl)C(C)=O)cc2)c2ccccc2)cc1. The highest BCUT2D eigenvalue weighted by atomic mass is 35.5. The smallest absolute Gasteiger partial charge is 0.337 e. The Morgan fingerprint density at radius 3 is 2.00 bits per heavy atom. The summed E-state index contributed by atoms with van der Waals surface area (Å²) in [6.07, 6.45) is -1.35. The van der Waals surface area contributed by atoms with Gasteiger partial charge in [-0.25, -0.2) is 17.9 Å². The Kier molecular flexibility index (Phi) is 10.1. The van der Waals surface area contributed by atoms with Crippen LogP contribution in [0.25, 0.3) is 0 Å². The van der Waals surface area contributed by atoms with E-state index >= 15 is 0 Å². The molecular weight excluding hydrogens is 615 g/mol. The van der Waals surface area contributed by atoms with Crippen molar-refractivity contribution in [1.29, 1.82) is 0 Å². The van der Waals surface area contributed by atoms with Crippen molar-refractivity contribution in [2.24, 2.45) is 0 Å². The third-order valence-corrected chi connectivity index (χ3v) is 8.39. The maximum atomic E-state index is 13.3. The van der Waals surface area contributed by atoms with Gasteiger partial charge in [-0.2, -0.15) is 0 Å². The average Bonchev–Trinajstić information content (AvgIpc) is 3.00. The van der Waals surface area contributed by atoms with Crippen molar-refractivity contribution in [2.75, 3.05) is 12.0 Å². The van der Waals surface area contributed by atoms with Crippen LogP contribution in [0.1, 0.15) is 34.5 Å². The standard InChI is InChI=1S/C31H26Cl2N2O7S/c1-20(36)35(19-26-27(32)9-6-10-28(26)33)23-13-15-24(16-14-23)42-29(21-7-4-3-5-8-21)30(37)34-43(39,40)25-17-11-22(12-18-25)31(38)41-2/h3-18,29H,19H2,1-2H3,(H,34,37). The Labute approximate surface area is 259 Å². The van der Waals surface area contributed by atoms with Crippen molar-refractivity contribution in [3.05, 3.63) is 124 Å². The number of halogens is 2. The number of carbonyl (C=O) groups is 3. The van der Waals surface area contributed by atoms with Gasteiger partial charge in [0.15, 0.2) is 0 Å². The molecule has 0 aliphatic heterocycles. The average molecular weight is 642 g/mol. The van der Waals surface area contributed by atoms with Crippen LogP contribution < -0.4 is 14.4 Å². The molecule has 1 atom stereocenters. The summed E-state index contributed by atoms with van der Waals surface area (Å²) in [5, 5.41) is 0.842. The first-order valence-electron chi connectivity index (χ1n) is 12.8. The van der Waals surface area contributed by atoms with Crippen LogP contribution in [0.4, 0.5) is 5.69 Å². The molecule has 0 aliphatic carbocycles. The molecule has 0 fully saturated rings. The minimum absolute atomic E-state index is 0.127. The molecule has 222 valence electrons. The van der Waals surface area contributed by atoms with Gasteiger partial charge in [0.05, 0.1) is 24.1 Å². The Morgan fingerprint density at radius 2 is 1.44 bits per heavy atom. The number of nitrogens with zero attached hydrogens (tertiary/aromatic N) is 1. The van der Waals surface area contributed by atoms with E-state index in [9.17, 15) is 22.8 Å². The topological polar surface area (TPSA) is 119 Å². The van der Waals surface area contributed by atoms with Crippen molar-refractivity contribution >= 4 is 56.7 Å². The Bertz CT molecular complexity index is 1710. The number of amides is 2. The van der Waals surface area contributed by atoms with E-state index in [1.807, 2.05) is 0 Å². The van der Waals surface area contributed by atoms with E-state index in [0.29, 0.717) is 26.9 Å². The normalized spacial score (nSPS) is 11.7. The molecule has 1 unspecified atom stereocenters. The van der Waals surface area contributed by atoms with E-state index in [1.54, 1.807) is 72.8 Å². The summed E-state index contributed by atoms with van der Waals surface area (Å²) in [4.78, 5) is 38.8. The number of ether oxygens (including phenoxy) is 2. The first kappa shape index (κ1) is 31.6. The monoisotopic (exact) mass is 640 g/mol. The molecule has 2 amide bonds. The second kappa shape index (κ2) is 13.7. The van der Waals surface area contributed by atoms with E-state index < -0.39 is 28.0 Å². The molecule has 1 N–H and O–H groups in total. The molecule has 0 radical (unpaired) electrons. The van der Waals surface area contributed by atoms with Crippen LogP contribution in [0.2, 0.25) is 10.0 Å². The van der Waals surface area contributed by atoms with E-state index in [-0.39, 0.29) is 28.7 Å². The largest absolute Gasteiger partial charge is 0.476 e. The van der Waals surface area contributed by atoms with Crippen molar-refractivity contribution < 1.29 is 32.3 Å². The lowest BCUT2D eigenvalue weighted by atomic mass is 10.1. The lowest BCUT2D eigenvalue weighted by Gasteiger charge is -2.23. The minimum atomic E-state index is -4.32. The van der Waals surface area contributed by atoms with Gasteiger partial charge in [0, 0.05) is 33.8 Å². The Morgan fingerprint density at radius 1 is 0.837 bits per heavy atom. The van der Waals surface area contributed by atoms with Crippen molar-refractivity contribution in [3.63, 3.8) is 0 Å². The maximum Gasteiger partial charge on any atom is 0.337 e. The van der Waals surface area contributed by atoms with Gasteiger partial charge in [0.2, 0.25) is 12.0 Å². The highest BCUT2D eigenvalue weighted by Crippen LogP contribution is 2.30. The van der Waals surface area contributed by atoms with Gasteiger partial charge in [-0.15, -0.1) is 0 Å². The predicted molar refractivity (Wildman–Crippen MR) is 163 cm³/mol. The van der Waals surface area contributed by atoms with Crippen LogP contribution in [0, 0.1) is 0 Å². The number of sulfonamides is 1. The fourth-order valence-electron chi connectivity index (χ4n) is 4.10. The lowest BCUT2D eigenvalue weighted by Crippen LogP contribution is -2.36. The van der Waals surface area contributed by atoms with Crippen LogP contribution in [0.3, 0.4) is 0 Å². The Hall–Kier alpha value is -4.38. The molecule has 0 spiro atoms. The van der Waals surface area contributed by atoms with Gasteiger partial charge in [0.25, 0.3) is 15.9 Å². The summed E-state index contributed by atoms with van der Waals surface area (Å²) in [6, 6.07) is 24.8. The highest BCUT2D eigenvalue weighted by molar-refractivity contribution is 7.90. The second-order valence-corrected chi connectivity index (χ2v) is 11.7. The van der Waals surface area contributed by atoms with E-state index in [1.165, 1.54) is 43.2 Å². The summed E-state index contributed by atoms with van der Waals surface area (Å²) in [5.74, 6) is -1.58. The van der Waals surface area contributed by atoms with Gasteiger partial charge in [0.1, 0.15) is 5.75 Å². The van der Waals surface area contributed by atoms with E-state index in [4.69, 9.17) is 27.9 Å². The van der Waals surface area contributed by atoms with Crippen LogP contribution in [0.15, 0.2) is 102 Å². The second-order valence-electron chi connectivity index (χ2n) is 9.19. The van der Waals surface area contributed by atoms with Gasteiger partial charge in [-0.3, -0.25) is 9.59 Å². The number of benzene rings is 4.